The van der Waals surface area contributed by atoms with E-state index in [1.807, 2.05) is 6.92 Å². The number of hydrogen-bond donors (Lipinski definition) is 0. The van der Waals surface area contributed by atoms with E-state index in [0.29, 0.717) is 26.9 Å². The molecule has 162 valence electrons. The molecule has 4 aromatic rings. The van der Waals surface area contributed by atoms with E-state index < -0.39 is 29.7 Å². The molecular formula is C19H12F6N4S2. The average molecular weight is 474 g/mol. The molecule has 4 rings (SSSR count). The Hall–Kier alpha value is -2.73. The van der Waals surface area contributed by atoms with Crippen LogP contribution in [0.1, 0.15) is 23.2 Å². The van der Waals surface area contributed by atoms with Gasteiger partial charge in [0, 0.05) is 4.88 Å². The van der Waals surface area contributed by atoms with Crippen LogP contribution in [0.15, 0.2) is 41.8 Å². The highest BCUT2D eigenvalue weighted by Gasteiger charge is 2.39. The molecule has 0 fully saturated rings. The lowest BCUT2D eigenvalue weighted by Gasteiger charge is -2.12. The third-order valence-corrected chi connectivity index (χ3v) is 6.37. The number of thiophene rings is 2. The van der Waals surface area contributed by atoms with Crippen molar-refractivity contribution in [3.8, 4) is 27.1 Å². The van der Waals surface area contributed by atoms with Crippen molar-refractivity contribution in [2.45, 2.75) is 25.7 Å². The summed E-state index contributed by atoms with van der Waals surface area (Å²) in [7, 11) is 0. The van der Waals surface area contributed by atoms with Gasteiger partial charge in [-0.1, -0.05) is 13.0 Å². The predicted molar refractivity (Wildman–Crippen MR) is 105 cm³/mol. The number of rotatable bonds is 4. The van der Waals surface area contributed by atoms with Gasteiger partial charge < -0.3 is 0 Å². The number of nitrogens with zero attached hydrogens (tertiary/aromatic N) is 4. The largest absolute Gasteiger partial charge is 0.433 e. The maximum Gasteiger partial charge on any atom is 0.433 e. The van der Waals surface area contributed by atoms with Crippen molar-refractivity contribution < 1.29 is 26.3 Å². The molecule has 4 heterocycles. The zero-order valence-corrected chi connectivity index (χ0v) is 17.3. The van der Waals surface area contributed by atoms with Gasteiger partial charge >= 0.3 is 12.4 Å². The SMILES string of the molecule is CCc1ccc(-c2cc(C(F)(F)F)n(-c3nc(-c4cccs4)cc(C(F)(F)F)n3)n2)s1. The van der Waals surface area contributed by atoms with Crippen LogP contribution in [-0.4, -0.2) is 19.7 Å². The van der Waals surface area contributed by atoms with Gasteiger partial charge in [0.15, 0.2) is 11.4 Å². The standard InChI is InChI=1S/C19H12F6N4S2/c1-2-10-5-6-14(31-10)12-9-16(19(23,24)25)29(28-12)17-26-11(13-4-3-7-30-13)8-15(27-17)18(20,21)22/h3-9H,2H2,1H3. The van der Waals surface area contributed by atoms with Crippen LogP contribution >= 0.6 is 22.7 Å². The molecular weight excluding hydrogens is 462 g/mol. The molecule has 0 radical (unpaired) electrons. The van der Waals surface area contributed by atoms with Crippen LogP contribution in [0, 0.1) is 0 Å². The first-order valence-corrected chi connectivity index (χ1v) is 10.5. The van der Waals surface area contributed by atoms with Crippen molar-refractivity contribution >= 4 is 22.7 Å². The molecule has 0 aliphatic heterocycles. The van der Waals surface area contributed by atoms with Crippen molar-refractivity contribution in [2.24, 2.45) is 0 Å². The summed E-state index contributed by atoms with van der Waals surface area (Å²) in [6.07, 6.45) is -9.06. The van der Waals surface area contributed by atoms with Crippen LogP contribution in [-0.2, 0) is 18.8 Å². The Morgan fingerprint density at radius 1 is 0.903 bits per heavy atom. The minimum atomic E-state index is -4.88. The fraction of sp³-hybridized carbons (Fsp3) is 0.211. The van der Waals surface area contributed by atoms with Gasteiger partial charge in [0.25, 0.3) is 5.95 Å². The van der Waals surface area contributed by atoms with Crippen LogP contribution in [0.3, 0.4) is 0 Å². The van der Waals surface area contributed by atoms with Gasteiger partial charge in [-0.05, 0) is 42.1 Å². The molecule has 0 saturated heterocycles. The summed E-state index contributed by atoms with van der Waals surface area (Å²) in [5.74, 6) is -0.802. The number of aryl methyl sites for hydroxylation is 1. The molecule has 0 amide bonds. The normalized spacial score (nSPS) is 12.5. The van der Waals surface area contributed by atoms with E-state index in [-0.39, 0.29) is 11.4 Å². The lowest BCUT2D eigenvalue weighted by Crippen LogP contribution is -2.18. The topological polar surface area (TPSA) is 43.6 Å². The fourth-order valence-corrected chi connectivity index (χ4v) is 4.38. The number of aromatic nitrogens is 4. The Kier molecular flexibility index (Phi) is 5.38. The molecule has 4 aromatic heterocycles. The average Bonchev–Trinajstić information content (AvgIpc) is 3.46. The summed E-state index contributed by atoms with van der Waals surface area (Å²) in [5.41, 5.74) is -2.77. The van der Waals surface area contributed by atoms with Crippen molar-refractivity contribution in [3.05, 3.63) is 58.0 Å². The molecule has 12 heteroatoms. The van der Waals surface area contributed by atoms with Crippen LogP contribution in [0.4, 0.5) is 26.3 Å². The zero-order chi connectivity index (χ0) is 22.4. The van der Waals surface area contributed by atoms with E-state index >= 15 is 0 Å². The fourth-order valence-electron chi connectivity index (χ4n) is 2.79. The Morgan fingerprint density at radius 3 is 2.26 bits per heavy atom. The highest BCUT2D eigenvalue weighted by Crippen LogP contribution is 2.37. The lowest BCUT2D eigenvalue weighted by atomic mass is 10.2. The molecule has 0 atom stereocenters. The Bertz CT molecular complexity index is 1210. The highest BCUT2D eigenvalue weighted by molar-refractivity contribution is 7.15. The summed E-state index contributed by atoms with van der Waals surface area (Å²) in [6.45, 7) is 1.90. The molecule has 0 saturated carbocycles. The first kappa shape index (κ1) is 21.5. The Morgan fingerprint density at radius 2 is 1.68 bits per heavy atom. The molecule has 0 N–H and O–H groups in total. The number of halogens is 6. The van der Waals surface area contributed by atoms with Gasteiger partial charge in [-0.25, -0.2) is 9.97 Å². The lowest BCUT2D eigenvalue weighted by molar-refractivity contribution is -0.143. The quantitative estimate of drug-likeness (QED) is 0.309. The number of alkyl halides is 6. The first-order chi connectivity index (χ1) is 14.6. The van der Waals surface area contributed by atoms with E-state index in [1.165, 1.54) is 17.4 Å². The van der Waals surface area contributed by atoms with E-state index in [4.69, 9.17) is 0 Å². The van der Waals surface area contributed by atoms with Crippen LogP contribution in [0.2, 0.25) is 0 Å². The predicted octanol–water partition coefficient (Wildman–Crippen LogP) is 6.72. The van der Waals surface area contributed by atoms with E-state index in [2.05, 4.69) is 15.1 Å². The first-order valence-electron chi connectivity index (χ1n) is 8.83. The molecule has 0 aromatic carbocycles. The molecule has 0 unspecified atom stereocenters. The van der Waals surface area contributed by atoms with Crippen LogP contribution in [0.25, 0.3) is 27.1 Å². The molecule has 0 spiro atoms. The van der Waals surface area contributed by atoms with Gasteiger partial charge in [0.1, 0.15) is 5.69 Å². The summed E-state index contributed by atoms with van der Waals surface area (Å²) in [5, 5.41) is 5.55. The van der Waals surface area contributed by atoms with Gasteiger partial charge in [-0.15, -0.1) is 22.7 Å². The van der Waals surface area contributed by atoms with Crippen molar-refractivity contribution in [2.75, 3.05) is 0 Å². The van der Waals surface area contributed by atoms with Crippen molar-refractivity contribution in [1.82, 2.24) is 19.7 Å². The van der Waals surface area contributed by atoms with Gasteiger partial charge in [-0.2, -0.15) is 36.1 Å². The van der Waals surface area contributed by atoms with Crippen molar-refractivity contribution in [3.63, 3.8) is 0 Å². The maximum atomic E-state index is 13.7. The molecule has 31 heavy (non-hydrogen) atoms. The molecule has 0 bridgehead atoms. The zero-order valence-electron chi connectivity index (χ0n) is 15.6. The molecule has 4 nitrogen and oxygen atoms in total. The Labute approximate surface area is 179 Å². The van der Waals surface area contributed by atoms with E-state index in [0.717, 1.165) is 22.3 Å². The summed E-state index contributed by atoms with van der Waals surface area (Å²) in [4.78, 5) is 9.09. The highest BCUT2D eigenvalue weighted by atomic mass is 32.1. The summed E-state index contributed by atoms with van der Waals surface area (Å²) in [6, 6.07) is 8.01. The summed E-state index contributed by atoms with van der Waals surface area (Å²) >= 11 is 2.37. The van der Waals surface area contributed by atoms with Gasteiger partial charge in [0.05, 0.1) is 15.4 Å². The van der Waals surface area contributed by atoms with Gasteiger partial charge in [-0.3, -0.25) is 0 Å². The molecule has 0 aliphatic carbocycles. The second-order valence-corrected chi connectivity index (χ2v) is 8.47. The third-order valence-electron chi connectivity index (χ3n) is 4.23. The third kappa shape index (κ3) is 4.35. The second kappa shape index (κ2) is 7.75. The summed E-state index contributed by atoms with van der Waals surface area (Å²) < 4.78 is 81.7. The second-order valence-electron chi connectivity index (χ2n) is 6.36. The molecule has 0 aliphatic rings. The Balaban J connectivity index is 1.93. The van der Waals surface area contributed by atoms with Crippen LogP contribution < -0.4 is 0 Å². The van der Waals surface area contributed by atoms with Gasteiger partial charge in [0.2, 0.25) is 0 Å². The minimum absolute atomic E-state index is 0.0179. The monoisotopic (exact) mass is 474 g/mol. The van der Waals surface area contributed by atoms with E-state index in [1.54, 1.807) is 23.6 Å². The minimum Gasteiger partial charge on any atom is -0.210 e. The van der Waals surface area contributed by atoms with E-state index in [9.17, 15) is 26.3 Å². The van der Waals surface area contributed by atoms with Crippen LogP contribution in [0.5, 0.6) is 0 Å². The maximum absolute atomic E-state index is 13.7. The van der Waals surface area contributed by atoms with Crippen molar-refractivity contribution in [1.29, 1.82) is 0 Å². The smallest absolute Gasteiger partial charge is 0.210 e. The number of hydrogen-bond acceptors (Lipinski definition) is 5.